The summed E-state index contributed by atoms with van der Waals surface area (Å²) in [6, 6.07) is 0.155. The molecule has 0 saturated heterocycles. The Kier molecular flexibility index (Phi) is 18.7. The molecule has 0 aliphatic heterocycles. The van der Waals surface area contributed by atoms with Crippen LogP contribution in [0.2, 0.25) is 0 Å². The van der Waals surface area contributed by atoms with Crippen LogP contribution in [0.15, 0.2) is 12.2 Å². The lowest BCUT2D eigenvalue weighted by atomic mass is 9.98. The standard InChI is InChI=1S/C24H47NO/c1-4-5-6-7-8-9-10-11-12-13-14-15-16-17-22(2)18-20-24(25)21-19-23(3)26/h24H,2,4-21,25H2,1,3H3. The van der Waals surface area contributed by atoms with Crippen molar-refractivity contribution in [2.24, 2.45) is 5.73 Å². The Morgan fingerprint density at radius 2 is 1.15 bits per heavy atom. The molecule has 0 aliphatic carbocycles. The number of allylic oxidation sites excluding steroid dienone is 1. The zero-order chi connectivity index (χ0) is 19.5. The molecule has 0 radical (unpaired) electrons. The molecule has 2 nitrogen and oxygen atoms in total. The van der Waals surface area contributed by atoms with Gasteiger partial charge in [-0.15, -0.1) is 0 Å². The number of unbranched alkanes of at least 4 members (excludes halogenated alkanes) is 12. The molecule has 0 saturated carbocycles. The molecular formula is C24H47NO. The molecule has 0 fully saturated rings. The fourth-order valence-corrected chi connectivity index (χ4v) is 3.44. The maximum absolute atomic E-state index is 11.0. The molecule has 2 heteroatoms. The fourth-order valence-electron chi connectivity index (χ4n) is 3.44. The maximum atomic E-state index is 11.0. The molecule has 1 unspecified atom stereocenters. The lowest BCUT2D eigenvalue weighted by molar-refractivity contribution is -0.117. The Bertz CT molecular complexity index is 337. The van der Waals surface area contributed by atoms with E-state index in [0.717, 1.165) is 25.7 Å². The lowest BCUT2D eigenvalue weighted by Gasteiger charge is -2.12. The summed E-state index contributed by atoms with van der Waals surface area (Å²) in [5, 5.41) is 0. The summed E-state index contributed by atoms with van der Waals surface area (Å²) in [7, 11) is 0. The highest BCUT2D eigenvalue weighted by molar-refractivity contribution is 5.75. The highest BCUT2D eigenvalue weighted by Gasteiger charge is 2.05. The van der Waals surface area contributed by atoms with Gasteiger partial charge in [0.2, 0.25) is 0 Å². The average molecular weight is 366 g/mol. The van der Waals surface area contributed by atoms with E-state index in [1.165, 1.54) is 89.0 Å². The van der Waals surface area contributed by atoms with Gasteiger partial charge in [0.05, 0.1) is 0 Å². The van der Waals surface area contributed by atoms with E-state index >= 15 is 0 Å². The zero-order valence-corrected chi connectivity index (χ0v) is 18.0. The minimum absolute atomic E-state index is 0.155. The first-order chi connectivity index (χ1) is 12.6. The molecule has 26 heavy (non-hydrogen) atoms. The number of nitrogens with two attached hydrogens (primary N) is 1. The predicted octanol–water partition coefficient (Wildman–Crippen LogP) is 7.50. The molecule has 0 aromatic carbocycles. The molecule has 0 heterocycles. The van der Waals surface area contributed by atoms with E-state index in [-0.39, 0.29) is 11.8 Å². The van der Waals surface area contributed by atoms with Gasteiger partial charge >= 0.3 is 0 Å². The van der Waals surface area contributed by atoms with Crippen molar-refractivity contribution in [3.05, 3.63) is 12.2 Å². The Hall–Kier alpha value is -0.630. The van der Waals surface area contributed by atoms with Crippen molar-refractivity contribution in [2.45, 2.75) is 135 Å². The molecule has 0 spiro atoms. The van der Waals surface area contributed by atoms with Crippen molar-refractivity contribution < 1.29 is 4.79 Å². The van der Waals surface area contributed by atoms with Gasteiger partial charge < -0.3 is 10.5 Å². The molecule has 0 aromatic rings. The van der Waals surface area contributed by atoms with Gasteiger partial charge in [-0.1, -0.05) is 96.1 Å². The third kappa shape index (κ3) is 19.7. The van der Waals surface area contributed by atoms with Crippen LogP contribution in [0.5, 0.6) is 0 Å². The normalized spacial score (nSPS) is 12.3. The third-order valence-electron chi connectivity index (χ3n) is 5.37. The van der Waals surface area contributed by atoms with Crippen molar-refractivity contribution >= 4 is 5.78 Å². The van der Waals surface area contributed by atoms with Crippen molar-refractivity contribution in [3.8, 4) is 0 Å². The van der Waals surface area contributed by atoms with Gasteiger partial charge in [-0.2, -0.15) is 0 Å². The van der Waals surface area contributed by atoms with Gasteiger partial charge in [0.15, 0.2) is 0 Å². The van der Waals surface area contributed by atoms with E-state index in [9.17, 15) is 4.79 Å². The molecule has 154 valence electrons. The van der Waals surface area contributed by atoms with Crippen LogP contribution in [0.4, 0.5) is 0 Å². The summed E-state index contributed by atoms with van der Waals surface area (Å²) in [6.07, 6.45) is 22.8. The molecule has 0 amide bonds. The van der Waals surface area contributed by atoms with E-state index in [0.29, 0.717) is 6.42 Å². The molecule has 0 rings (SSSR count). The Labute approximate surface area is 164 Å². The lowest BCUT2D eigenvalue weighted by Crippen LogP contribution is -2.20. The summed E-state index contributed by atoms with van der Waals surface area (Å²) >= 11 is 0. The average Bonchev–Trinajstić information content (AvgIpc) is 2.62. The van der Waals surface area contributed by atoms with Gasteiger partial charge in [0, 0.05) is 12.5 Å². The minimum Gasteiger partial charge on any atom is -0.328 e. The number of carbonyl (C=O) groups is 1. The van der Waals surface area contributed by atoms with Gasteiger partial charge in [0.1, 0.15) is 5.78 Å². The monoisotopic (exact) mass is 365 g/mol. The third-order valence-corrected chi connectivity index (χ3v) is 5.37. The highest BCUT2D eigenvalue weighted by atomic mass is 16.1. The van der Waals surface area contributed by atoms with Crippen LogP contribution in [-0.2, 0) is 4.79 Å². The highest BCUT2D eigenvalue weighted by Crippen LogP contribution is 2.17. The first-order valence-electron chi connectivity index (χ1n) is 11.5. The number of carbonyl (C=O) groups excluding carboxylic acids is 1. The van der Waals surface area contributed by atoms with E-state index in [1.807, 2.05) is 0 Å². The SMILES string of the molecule is C=C(CCCCCCCCCCCCCCC)CCC(N)CCC(C)=O. The van der Waals surface area contributed by atoms with Crippen LogP contribution >= 0.6 is 0 Å². The van der Waals surface area contributed by atoms with Crippen molar-refractivity contribution in [2.75, 3.05) is 0 Å². The molecular weight excluding hydrogens is 318 g/mol. The number of hydrogen-bond donors (Lipinski definition) is 1. The van der Waals surface area contributed by atoms with Crippen LogP contribution in [0.3, 0.4) is 0 Å². The molecule has 0 aliphatic rings. The van der Waals surface area contributed by atoms with Crippen LogP contribution in [0.1, 0.15) is 129 Å². The van der Waals surface area contributed by atoms with Gasteiger partial charge in [-0.3, -0.25) is 0 Å². The predicted molar refractivity (Wildman–Crippen MR) is 117 cm³/mol. The fraction of sp³-hybridized carbons (Fsp3) is 0.875. The van der Waals surface area contributed by atoms with E-state index in [4.69, 9.17) is 5.73 Å². The first-order valence-corrected chi connectivity index (χ1v) is 11.5. The van der Waals surface area contributed by atoms with E-state index in [2.05, 4.69) is 13.5 Å². The summed E-state index contributed by atoms with van der Waals surface area (Å²) in [6.45, 7) is 8.11. The smallest absolute Gasteiger partial charge is 0.129 e. The quantitative estimate of drug-likeness (QED) is 0.179. The molecule has 0 aromatic heterocycles. The van der Waals surface area contributed by atoms with Gasteiger partial charge in [-0.05, 0) is 39.0 Å². The van der Waals surface area contributed by atoms with E-state index in [1.54, 1.807) is 6.92 Å². The summed E-state index contributed by atoms with van der Waals surface area (Å²) in [5.41, 5.74) is 7.39. The molecule has 2 N–H and O–H groups in total. The topological polar surface area (TPSA) is 43.1 Å². The Morgan fingerprint density at radius 3 is 1.62 bits per heavy atom. The Balaban J connectivity index is 3.26. The number of rotatable bonds is 20. The Morgan fingerprint density at radius 1 is 0.731 bits per heavy atom. The van der Waals surface area contributed by atoms with E-state index < -0.39 is 0 Å². The van der Waals surface area contributed by atoms with Crippen molar-refractivity contribution in [1.29, 1.82) is 0 Å². The number of Topliss-reactive ketones (excluding diaryl/α,β-unsaturated/α-hetero) is 1. The summed E-state index contributed by atoms with van der Waals surface area (Å²) in [5.74, 6) is 0.242. The van der Waals surface area contributed by atoms with Crippen LogP contribution in [0.25, 0.3) is 0 Å². The van der Waals surface area contributed by atoms with Crippen molar-refractivity contribution in [1.82, 2.24) is 0 Å². The van der Waals surface area contributed by atoms with Crippen LogP contribution in [0, 0.1) is 0 Å². The number of hydrogen-bond acceptors (Lipinski definition) is 2. The summed E-state index contributed by atoms with van der Waals surface area (Å²) in [4.78, 5) is 11.0. The van der Waals surface area contributed by atoms with Crippen molar-refractivity contribution in [3.63, 3.8) is 0 Å². The molecule has 0 bridgehead atoms. The zero-order valence-electron chi connectivity index (χ0n) is 18.0. The van der Waals surface area contributed by atoms with Gasteiger partial charge in [0.25, 0.3) is 0 Å². The van der Waals surface area contributed by atoms with Gasteiger partial charge in [-0.25, -0.2) is 0 Å². The van der Waals surface area contributed by atoms with Crippen LogP contribution < -0.4 is 5.73 Å². The molecule has 1 atom stereocenters. The summed E-state index contributed by atoms with van der Waals surface area (Å²) < 4.78 is 0. The number of ketones is 1. The minimum atomic E-state index is 0.155. The second kappa shape index (κ2) is 19.1. The first kappa shape index (κ1) is 25.4. The maximum Gasteiger partial charge on any atom is 0.129 e. The second-order valence-electron chi connectivity index (χ2n) is 8.28. The largest absolute Gasteiger partial charge is 0.328 e. The van der Waals surface area contributed by atoms with Crippen LogP contribution in [-0.4, -0.2) is 11.8 Å². The second-order valence-corrected chi connectivity index (χ2v) is 8.28.